The summed E-state index contributed by atoms with van der Waals surface area (Å²) in [4.78, 5) is 11.9. The summed E-state index contributed by atoms with van der Waals surface area (Å²) in [6.07, 6.45) is 4.84. The third-order valence-corrected chi connectivity index (χ3v) is 2.26. The number of nitrogens with zero attached hydrogens (tertiary/aromatic N) is 4. The van der Waals surface area contributed by atoms with Crippen molar-refractivity contribution < 1.29 is 0 Å². The van der Waals surface area contributed by atoms with Gasteiger partial charge < -0.3 is 5.32 Å². The quantitative estimate of drug-likeness (QED) is 0.841. The molecule has 0 amide bonds. The largest absolute Gasteiger partial charge is 0.307 e. The number of aromatic nitrogens is 3. The van der Waals surface area contributed by atoms with Gasteiger partial charge in [-0.1, -0.05) is 6.07 Å². The van der Waals surface area contributed by atoms with Crippen LogP contribution in [0.25, 0.3) is 0 Å². The number of pyridine rings is 1. The number of rotatable bonds is 4. The van der Waals surface area contributed by atoms with E-state index in [1.54, 1.807) is 12.4 Å². The second-order valence-electron chi connectivity index (χ2n) is 3.43. The van der Waals surface area contributed by atoms with Crippen molar-refractivity contribution in [3.8, 4) is 6.07 Å². The van der Waals surface area contributed by atoms with Gasteiger partial charge in [0.25, 0.3) is 0 Å². The van der Waals surface area contributed by atoms with E-state index in [0.717, 1.165) is 11.3 Å². The molecule has 0 spiro atoms. The van der Waals surface area contributed by atoms with Crippen molar-refractivity contribution in [3.05, 3.63) is 53.9 Å². The van der Waals surface area contributed by atoms with E-state index >= 15 is 0 Å². The molecular formula is C12H11N5. The third kappa shape index (κ3) is 3.06. The Balaban J connectivity index is 1.93. The van der Waals surface area contributed by atoms with E-state index in [-0.39, 0.29) is 0 Å². The molecule has 0 saturated carbocycles. The van der Waals surface area contributed by atoms with Crippen LogP contribution < -0.4 is 5.32 Å². The number of hydrogen-bond acceptors (Lipinski definition) is 5. The number of nitriles is 1. The minimum absolute atomic E-state index is 0.461. The highest BCUT2D eigenvalue weighted by atomic mass is 14.9. The smallest absolute Gasteiger partial charge is 0.144 e. The maximum atomic E-state index is 8.87. The first-order valence-electron chi connectivity index (χ1n) is 5.20. The van der Waals surface area contributed by atoms with Crippen LogP contribution in [0.2, 0.25) is 0 Å². The van der Waals surface area contributed by atoms with E-state index in [1.807, 2.05) is 18.2 Å². The van der Waals surface area contributed by atoms with Gasteiger partial charge in [0, 0.05) is 31.0 Å². The zero-order valence-corrected chi connectivity index (χ0v) is 9.17. The maximum absolute atomic E-state index is 8.87. The van der Waals surface area contributed by atoms with Gasteiger partial charge in [0.15, 0.2) is 0 Å². The fourth-order valence-corrected chi connectivity index (χ4v) is 1.43. The van der Waals surface area contributed by atoms with E-state index in [4.69, 9.17) is 5.26 Å². The Kier molecular flexibility index (Phi) is 3.73. The third-order valence-electron chi connectivity index (χ3n) is 2.26. The number of hydrogen-bond donors (Lipinski definition) is 1. The van der Waals surface area contributed by atoms with Crippen LogP contribution in [0, 0.1) is 11.3 Å². The van der Waals surface area contributed by atoms with E-state index < -0.39 is 0 Å². The maximum Gasteiger partial charge on any atom is 0.144 e. The van der Waals surface area contributed by atoms with Crippen molar-refractivity contribution in [2.24, 2.45) is 0 Å². The first kappa shape index (κ1) is 11.2. The van der Waals surface area contributed by atoms with Crippen LogP contribution in [0.3, 0.4) is 0 Å². The van der Waals surface area contributed by atoms with Crippen LogP contribution in [0.1, 0.15) is 17.0 Å². The molecule has 0 aliphatic rings. The first-order valence-corrected chi connectivity index (χ1v) is 5.20. The molecule has 0 aliphatic heterocycles. The Labute approximate surface area is 99.2 Å². The van der Waals surface area contributed by atoms with E-state index in [1.165, 1.54) is 6.33 Å². The van der Waals surface area contributed by atoms with Gasteiger partial charge in [0.2, 0.25) is 0 Å². The lowest BCUT2D eigenvalue weighted by Gasteiger charge is -2.04. The van der Waals surface area contributed by atoms with Crippen LogP contribution in [0.5, 0.6) is 0 Å². The molecule has 5 heteroatoms. The first-order chi connectivity index (χ1) is 8.40. The van der Waals surface area contributed by atoms with E-state index in [2.05, 4.69) is 26.3 Å². The average molecular weight is 225 g/mol. The molecule has 2 heterocycles. The Morgan fingerprint density at radius 3 is 2.88 bits per heavy atom. The standard InChI is InChI=1S/C12H11N5/c13-6-12-10(2-1-4-16-12)7-15-8-11-3-5-14-9-17-11/h1-5,9,15H,7-8H2. The molecule has 0 atom stereocenters. The molecule has 0 saturated heterocycles. The Bertz CT molecular complexity index is 518. The van der Waals surface area contributed by atoms with Crippen molar-refractivity contribution in [2.75, 3.05) is 0 Å². The normalized spacial score (nSPS) is 9.82. The summed E-state index contributed by atoms with van der Waals surface area (Å²) in [7, 11) is 0. The molecule has 2 aromatic heterocycles. The lowest BCUT2D eigenvalue weighted by Crippen LogP contribution is -2.14. The molecule has 0 unspecified atom stereocenters. The van der Waals surface area contributed by atoms with Crippen molar-refractivity contribution >= 4 is 0 Å². The van der Waals surface area contributed by atoms with Crippen LogP contribution in [0.4, 0.5) is 0 Å². The molecule has 5 nitrogen and oxygen atoms in total. The minimum atomic E-state index is 0.461. The second kappa shape index (κ2) is 5.68. The summed E-state index contributed by atoms with van der Waals surface area (Å²) >= 11 is 0. The monoisotopic (exact) mass is 225 g/mol. The van der Waals surface area contributed by atoms with Crippen LogP contribution in [-0.4, -0.2) is 15.0 Å². The molecular weight excluding hydrogens is 214 g/mol. The topological polar surface area (TPSA) is 74.5 Å². The lowest BCUT2D eigenvalue weighted by atomic mass is 10.2. The van der Waals surface area contributed by atoms with Gasteiger partial charge in [-0.3, -0.25) is 0 Å². The molecule has 0 bridgehead atoms. The van der Waals surface area contributed by atoms with Gasteiger partial charge in [0.05, 0.1) is 5.69 Å². The lowest BCUT2D eigenvalue weighted by molar-refractivity contribution is 0.675. The van der Waals surface area contributed by atoms with Crippen molar-refractivity contribution in [3.63, 3.8) is 0 Å². The minimum Gasteiger partial charge on any atom is -0.307 e. The summed E-state index contributed by atoms with van der Waals surface area (Å²) in [5.41, 5.74) is 2.27. The summed E-state index contributed by atoms with van der Waals surface area (Å²) in [6, 6.07) is 7.63. The Morgan fingerprint density at radius 2 is 2.12 bits per heavy atom. The zero-order valence-electron chi connectivity index (χ0n) is 9.17. The fourth-order valence-electron chi connectivity index (χ4n) is 1.43. The van der Waals surface area contributed by atoms with Crippen molar-refractivity contribution in [2.45, 2.75) is 13.1 Å². The highest BCUT2D eigenvalue weighted by Crippen LogP contribution is 2.03. The van der Waals surface area contributed by atoms with Crippen LogP contribution in [-0.2, 0) is 13.1 Å². The second-order valence-corrected chi connectivity index (χ2v) is 3.43. The molecule has 17 heavy (non-hydrogen) atoms. The van der Waals surface area contributed by atoms with Gasteiger partial charge in [-0.05, 0) is 12.1 Å². The van der Waals surface area contributed by atoms with Gasteiger partial charge in [0.1, 0.15) is 18.1 Å². The summed E-state index contributed by atoms with van der Waals surface area (Å²) in [5.74, 6) is 0. The Morgan fingerprint density at radius 1 is 1.18 bits per heavy atom. The van der Waals surface area contributed by atoms with Gasteiger partial charge in [-0.25, -0.2) is 15.0 Å². The highest BCUT2D eigenvalue weighted by Gasteiger charge is 2.01. The molecule has 1 N–H and O–H groups in total. The average Bonchev–Trinajstić information content (AvgIpc) is 2.40. The predicted molar refractivity (Wildman–Crippen MR) is 61.5 cm³/mol. The van der Waals surface area contributed by atoms with Crippen LogP contribution >= 0.6 is 0 Å². The van der Waals surface area contributed by atoms with Gasteiger partial charge in [-0.2, -0.15) is 5.26 Å². The summed E-state index contributed by atoms with van der Waals surface area (Å²) in [6.45, 7) is 1.24. The van der Waals surface area contributed by atoms with E-state index in [0.29, 0.717) is 18.8 Å². The Hall–Kier alpha value is -2.32. The molecule has 0 aliphatic carbocycles. The van der Waals surface area contributed by atoms with Crippen molar-refractivity contribution in [1.82, 2.24) is 20.3 Å². The highest BCUT2D eigenvalue weighted by molar-refractivity contribution is 5.30. The van der Waals surface area contributed by atoms with E-state index in [9.17, 15) is 0 Å². The number of nitrogens with one attached hydrogen (secondary N) is 1. The van der Waals surface area contributed by atoms with Crippen LogP contribution in [0.15, 0.2) is 36.9 Å². The summed E-state index contributed by atoms with van der Waals surface area (Å²) < 4.78 is 0. The fraction of sp³-hybridized carbons (Fsp3) is 0.167. The SMILES string of the molecule is N#Cc1ncccc1CNCc1ccncn1. The predicted octanol–water partition coefficient (Wildman–Crippen LogP) is 1.03. The molecule has 0 aromatic carbocycles. The molecule has 0 fully saturated rings. The molecule has 2 rings (SSSR count). The van der Waals surface area contributed by atoms with Gasteiger partial charge in [-0.15, -0.1) is 0 Å². The van der Waals surface area contributed by atoms with Crippen molar-refractivity contribution in [1.29, 1.82) is 5.26 Å². The van der Waals surface area contributed by atoms with Gasteiger partial charge >= 0.3 is 0 Å². The zero-order chi connectivity index (χ0) is 11.9. The molecule has 84 valence electrons. The molecule has 2 aromatic rings. The molecule has 0 radical (unpaired) electrons. The summed E-state index contributed by atoms with van der Waals surface area (Å²) in [5, 5.41) is 12.1.